The van der Waals surface area contributed by atoms with Crippen molar-refractivity contribution in [1.29, 1.82) is 5.26 Å². The van der Waals surface area contributed by atoms with Gasteiger partial charge < -0.3 is 9.47 Å². The van der Waals surface area contributed by atoms with Gasteiger partial charge in [0.05, 0.1) is 12.3 Å². The van der Waals surface area contributed by atoms with E-state index >= 15 is 0 Å². The third-order valence-corrected chi connectivity index (χ3v) is 2.99. The van der Waals surface area contributed by atoms with Crippen molar-refractivity contribution < 1.29 is 9.47 Å². The van der Waals surface area contributed by atoms with Crippen molar-refractivity contribution in [3.63, 3.8) is 0 Å². The fourth-order valence-corrected chi connectivity index (χ4v) is 2.15. The summed E-state index contributed by atoms with van der Waals surface area (Å²) >= 11 is 0. The molecule has 0 amide bonds. The normalized spacial score (nSPS) is 32.6. The molecule has 2 aliphatic heterocycles. The van der Waals surface area contributed by atoms with E-state index in [1.54, 1.807) is 6.19 Å². The summed E-state index contributed by atoms with van der Waals surface area (Å²) in [6.45, 7) is 8.93. The van der Waals surface area contributed by atoms with Gasteiger partial charge in [0, 0.05) is 18.6 Å². The van der Waals surface area contributed by atoms with Crippen LogP contribution in [0.25, 0.3) is 0 Å². The molecule has 0 N–H and O–H groups in total. The molecule has 2 saturated heterocycles. The Kier molecular flexibility index (Phi) is 2.80. The number of rotatable bonds is 0. The van der Waals surface area contributed by atoms with Crippen LogP contribution in [0.15, 0.2) is 29.5 Å². The fraction of sp³-hybridized carbons (Fsp3) is 0.500. The Morgan fingerprint density at radius 1 is 1.44 bits per heavy atom. The second-order valence-electron chi connectivity index (χ2n) is 4.18. The summed E-state index contributed by atoms with van der Waals surface area (Å²) in [4.78, 5) is 3.79. The van der Waals surface area contributed by atoms with E-state index in [2.05, 4.69) is 18.2 Å². The molecule has 2 aliphatic rings. The van der Waals surface area contributed by atoms with Gasteiger partial charge in [-0.1, -0.05) is 13.2 Å². The minimum absolute atomic E-state index is 0.383. The number of nitriles is 1. The average Bonchev–Trinajstić information content (AvgIpc) is 2.27. The molecule has 0 radical (unpaired) electrons. The first-order valence-electron chi connectivity index (χ1n) is 5.28. The first kappa shape index (κ1) is 10.9. The lowest BCUT2D eigenvalue weighted by Crippen LogP contribution is -2.46. The molecule has 1 atom stereocenters. The van der Waals surface area contributed by atoms with Crippen LogP contribution < -0.4 is 0 Å². The SMILES string of the molecule is C=C1OC2(CCCOC2)CC(=NC#N)C1=C. The van der Waals surface area contributed by atoms with Gasteiger partial charge in [0.15, 0.2) is 0 Å². The van der Waals surface area contributed by atoms with Crippen LogP contribution in [0.1, 0.15) is 19.3 Å². The van der Waals surface area contributed by atoms with E-state index in [4.69, 9.17) is 14.7 Å². The van der Waals surface area contributed by atoms with Gasteiger partial charge in [0.2, 0.25) is 6.19 Å². The number of ether oxygens (including phenoxy) is 2. The summed E-state index contributed by atoms with van der Waals surface area (Å²) < 4.78 is 11.2. The highest BCUT2D eigenvalue weighted by Crippen LogP contribution is 2.37. The van der Waals surface area contributed by atoms with Crippen molar-refractivity contribution in [2.75, 3.05) is 13.2 Å². The maximum Gasteiger partial charge on any atom is 0.205 e. The number of allylic oxidation sites excluding steroid dienone is 1. The molecule has 2 heterocycles. The van der Waals surface area contributed by atoms with Crippen molar-refractivity contribution >= 4 is 5.71 Å². The molecule has 4 nitrogen and oxygen atoms in total. The third-order valence-electron chi connectivity index (χ3n) is 2.99. The first-order valence-corrected chi connectivity index (χ1v) is 5.28. The predicted molar refractivity (Wildman–Crippen MR) is 59.8 cm³/mol. The predicted octanol–water partition coefficient (Wildman–Crippen LogP) is 1.95. The summed E-state index contributed by atoms with van der Waals surface area (Å²) in [5, 5.41) is 8.63. The Hall–Kier alpha value is -1.60. The summed E-state index contributed by atoms with van der Waals surface area (Å²) in [5.74, 6) is 0.505. The van der Waals surface area contributed by atoms with Crippen molar-refractivity contribution in [1.82, 2.24) is 0 Å². The molecule has 1 unspecified atom stereocenters. The minimum atomic E-state index is -0.383. The molecule has 1 spiro atoms. The Morgan fingerprint density at radius 3 is 2.88 bits per heavy atom. The van der Waals surface area contributed by atoms with Crippen LogP contribution in [0.2, 0.25) is 0 Å². The van der Waals surface area contributed by atoms with E-state index in [1.165, 1.54) is 0 Å². The van der Waals surface area contributed by atoms with Crippen molar-refractivity contribution in [2.24, 2.45) is 4.99 Å². The maximum absolute atomic E-state index is 8.63. The van der Waals surface area contributed by atoms with E-state index in [-0.39, 0.29) is 5.60 Å². The van der Waals surface area contributed by atoms with Crippen LogP contribution in [0, 0.1) is 11.5 Å². The van der Waals surface area contributed by atoms with Gasteiger partial charge in [0.1, 0.15) is 11.4 Å². The highest BCUT2D eigenvalue weighted by atomic mass is 16.5. The van der Waals surface area contributed by atoms with Crippen molar-refractivity contribution in [3.05, 3.63) is 24.5 Å². The Balaban J connectivity index is 2.25. The zero-order valence-corrected chi connectivity index (χ0v) is 9.16. The summed E-state index contributed by atoms with van der Waals surface area (Å²) in [7, 11) is 0. The van der Waals surface area contributed by atoms with Crippen LogP contribution in [0.5, 0.6) is 0 Å². The molecule has 4 heteroatoms. The van der Waals surface area contributed by atoms with Crippen LogP contribution in [0.4, 0.5) is 0 Å². The molecule has 0 aliphatic carbocycles. The number of nitrogens with zero attached hydrogens (tertiary/aromatic N) is 2. The topological polar surface area (TPSA) is 54.6 Å². The second kappa shape index (κ2) is 4.11. The van der Waals surface area contributed by atoms with Gasteiger partial charge in [-0.2, -0.15) is 10.3 Å². The molecular weight excluding hydrogens is 204 g/mol. The van der Waals surface area contributed by atoms with E-state index in [0.29, 0.717) is 30.1 Å². The first-order chi connectivity index (χ1) is 7.67. The zero-order chi connectivity index (χ0) is 11.6. The van der Waals surface area contributed by atoms with Crippen LogP contribution in [0.3, 0.4) is 0 Å². The molecule has 84 valence electrons. The van der Waals surface area contributed by atoms with Crippen LogP contribution >= 0.6 is 0 Å². The average molecular weight is 218 g/mol. The number of hydrogen-bond donors (Lipinski definition) is 0. The molecule has 0 bridgehead atoms. The van der Waals surface area contributed by atoms with Crippen molar-refractivity contribution in [2.45, 2.75) is 24.9 Å². The smallest absolute Gasteiger partial charge is 0.205 e. The molecular formula is C12H14N2O2. The zero-order valence-electron chi connectivity index (χ0n) is 9.16. The number of hydrogen-bond acceptors (Lipinski definition) is 4. The molecule has 16 heavy (non-hydrogen) atoms. The van der Waals surface area contributed by atoms with Crippen LogP contribution in [-0.4, -0.2) is 24.5 Å². The Morgan fingerprint density at radius 2 is 2.25 bits per heavy atom. The van der Waals surface area contributed by atoms with E-state index in [0.717, 1.165) is 19.4 Å². The lowest BCUT2D eigenvalue weighted by molar-refractivity contribution is -0.0986. The minimum Gasteiger partial charge on any atom is -0.484 e. The largest absolute Gasteiger partial charge is 0.484 e. The molecule has 2 rings (SSSR count). The van der Waals surface area contributed by atoms with E-state index < -0.39 is 0 Å². The van der Waals surface area contributed by atoms with E-state index in [9.17, 15) is 0 Å². The van der Waals surface area contributed by atoms with Gasteiger partial charge in [-0.25, -0.2) is 0 Å². The monoisotopic (exact) mass is 218 g/mol. The lowest BCUT2D eigenvalue weighted by Gasteiger charge is -2.41. The number of aliphatic imine (C=N–C) groups is 1. The van der Waals surface area contributed by atoms with Gasteiger partial charge in [-0.3, -0.25) is 0 Å². The quantitative estimate of drug-likeness (QED) is 0.584. The lowest BCUT2D eigenvalue weighted by atomic mass is 9.85. The van der Waals surface area contributed by atoms with Crippen LogP contribution in [-0.2, 0) is 9.47 Å². The van der Waals surface area contributed by atoms with Gasteiger partial charge >= 0.3 is 0 Å². The Bertz CT molecular complexity index is 398. The maximum atomic E-state index is 8.63. The Labute approximate surface area is 94.9 Å². The molecule has 0 saturated carbocycles. The third kappa shape index (κ3) is 1.86. The standard InChI is InChI=1S/C12H14N2O2/c1-9-10(2)16-12(4-3-5-15-7-12)6-11(9)14-8-13/h1-7H2. The molecule has 2 fully saturated rings. The summed E-state index contributed by atoms with van der Waals surface area (Å²) in [5.41, 5.74) is 0.911. The molecule has 0 aromatic carbocycles. The summed E-state index contributed by atoms with van der Waals surface area (Å²) in [6.07, 6.45) is 4.25. The van der Waals surface area contributed by atoms with Gasteiger partial charge in [0.25, 0.3) is 0 Å². The van der Waals surface area contributed by atoms with Gasteiger partial charge in [-0.05, 0) is 12.8 Å². The highest BCUT2D eigenvalue weighted by molar-refractivity contribution is 6.04. The summed E-state index contributed by atoms with van der Waals surface area (Å²) in [6, 6.07) is 0. The second-order valence-corrected chi connectivity index (χ2v) is 4.18. The molecule has 0 aromatic rings. The fourth-order valence-electron chi connectivity index (χ4n) is 2.15. The molecule has 0 aromatic heterocycles. The van der Waals surface area contributed by atoms with E-state index in [1.807, 2.05) is 0 Å². The van der Waals surface area contributed by atoms with Crippen molar-refractivity contribution in [3.8, 4) is 6.19 Å². The highest BCUT2D eigenvalue weighted by Gasteiger charge is 2.41. The van der Waals surface area contributed by atoms with Gasteiger partial charge in [-0.15, -0.1) is 0 Å².